The van der Waals surface area contributed by atoms with E-state index in [-0.39, 0.29) is 0 Å². The van der Waals surface area contributed by atoms with Gasteiger partial charge in [0.1, 0.15) is 11.2 Å². The van der Waals surface area contributed by atoms with Crippen LogP contribution in [0, 0.1) is 0 Å². The number of benzene rings is 1. The molecule has 3 aliphatic rings. The summed E-state index contributed by atoms with van der Waals surface area (Å²) < 4.78 is 0. The summed E-state index contributed by atoms with van der Waals surface area (Å²) in [5.41, 5.74) is 1.59. The maximum Gasteiger partial charge on any atom is 0.144 e. The van der Waals surface area contributed by atoms with E-state index < -0.39 is 11.2 Å². The van der Waals surface area contributed by atoms with Crippen LogP contribution in [0.15, 0.2) is 36.4 Å². The van der Waals surface area contributed by atoms with E-state index in [2.05, 4.69) is 24.3 Å². The fraction of sp³-hybridized carbons (Fsp3) is 0.333. The molecule has 2 heterocycles. The monoisotopic (exact) mass is 188 g/mol. The molecule has 2 unspecified atom stereocenters. The third-order valence-corrected chi connectivity index (χ3v) is 3.10. The summed E-state index contributed by atoms with van der Waals surface area (Å²) in [6.07, 6.45) is 4.14. The molecule has 1 aromatic rings. The zero-order chi connectivity index (χ0) is 9.81. The van der Waals surface area contributed by atoms with E-state index in [1.165, 1.54) is 11.1 Å². The Hall–Kier alpha value is -1.12. The first-order chi connectivity index (χ1) is 6.64. The molecular weight excluding hydrogens is 176 g/mol. The van der Waals surface area contributed by atoms with Crippen molar-refractivity contribution in [1.29, 1.82) is 0 Å². The first kappa shape index (κ1) is 8.21. The molecule has 2 heteroatoms. The van der Waals surface area contributed by atoms with Gasteiger partial charge in [0, 0.05) is 0 Å². The van der Waals surface area contributed by atoms with Crippen LogP contribution < -0.4 is 0 Å². The van der Waals surface area contributed by atoms with E-state index in [1.807, 2.05) is 26.0 Å². The predicted molar refractivity (Wildman–Crippen MR) is 52.5 cm³/mol. The van der Waals surface area contributed by atoms with Crippen LogP contribution in [0.25, 0.3) is 0 Å². The Morgan fingerprint density at radius 1 is 0.857 bits per heavy atom. The molecule has 0 radical (unpaired) electrons. The van der Waals surface area contributed by atoms with Gasteiger partial charge in [-0.1, -0.05) is 24.3 Å². The number of hydrogen-bond acceptors (Lipinski definition) is 2. The van der Waals surface area contributed by atoms with E-state index in [1.54, 1.807) is 0 Å². The van der Waals surface area contributed by atoms with Crippen molar-refractivity contribution in [3.05, 3.63) is 47.5 Å². The lowest BCUT2D eigenvalue weighted by Gasteiger charge is -2.45. The van der Waals surface area contributed by atoms with Crippen LogP contribution in [0.4, 0.5) is 0 Å². The summed E-state index contributed by atoms with van der Waals surface area (Å²) >= 11 is 0. The second-order valence-electron chi connectivity index (χ2n) is 4.26. The minimum atomic E-state index is -0.408. The SMILES string of the molecule is CC12C=CC(C)(OO1)c1ccccc12. The van der Waals surface area contributed by atoms with E-state index in [4.69, 9.17) is 9.78 Å². The lowest BCUT2D eigenvalue weighted by Crippen LogP contribution is -2.43. The van der Waals surface area contributed by atoms with E-state index in [0.717, 1.165) is 0 Å². The summed E-state index contributed by atoms with van der Waals surface area (Å²) in [5.74, 6) is 0. The van der Waals surface area contributed by atoms with E-state index in [0.29, 0.717) is 0 Å². The third kappa shape index (κ3) is 0.825. The van der Waals surface area contributed by atoms with Crippen LogP contribution in [-0.4, -0.2) is 0 Å². The van der Waals surface area contributed by atoms with Crippen LogP contribution in [0.5, 0.6) is 0 Å². The van der Waals surface area contributed by atoms with Crippen LogP contribution >= 0.6 is 0 Å². The number of hydrogen-bond donors (Lipinski definition) is 0. The molecule has 72 valence electrons. The van der Waals surface area contributed by atoms with Crippen LogP contribution in [0.1, 0.15) is 25.0 Å². The first-order valence-electron chi connectivity index (χ1n) is 4.81. The smallest absolute Gasteiger partial charge is 0.144 e. The Balaban J connectivity index is 2.34. The van der Waals surface area contributed by atoms with Crippen molar-refractivity contribution in [2.24, 2.45) is 0 Å². The zero-order valence-corrected chi connectivity index (χ0v) is 8.28. The van der Waals surface area contributed by atoms with Gasteiger partial charge >= 0.3 is 0 Å². The molecule has 2 atom stereocenters. The molecular formula is C12H12O2. The lowest BCUT2D eigenvalue weighted by molar-refractivity contribution is -0.415. The highest BCUT2D eigenvalue weighted by atomic mass is 17.2. The van der Waals surface area contributed by atoms with Crippen LogP contribution in [-0.2, 0) is 21.0 Å². The molecule has 2 bridgehead atoms. The molecule has 4 rings (SSSR count). The summed E-state index contributed by atoms with van der Waals surface area (Å²) in [6, 6.07) is 8.26. The summed E-state index contributed by atoms with van der Waals surface area (Å²) in [6.45, 7) is 4.03. The van der Waals surface area contributed by atoms with Gasteiger partial charge in [-0.25, -0.2) is 9.78 Å². The van der Waals surface area contributed by atoms with E-state index >= 15 is 0 Å². The minimum absolute atomic E-state index is 0.408. The molecule has 1 aliphatic carbocycles. The Morgan fingerprint density at radius 2 is 1.29 bits per heavy atom. The Bertz CT molecular complexity index is 385. The van der Waals surface area contributed by atoms with Gasteiger partial charge in [-0.15, -0.1) is 0 Å². The summed E-state index contributed by atoms with van der Waals surface area (Å²) in [4.78, 5) is 10.8. The van der Waals surface area contributed by atoms with Gasteiger partial charge < -0.3 is 0 Å². The Morgan fingerprint density at radius 3 is 1.64 bits per heavy atom. The van der Waals surface area contributed by atoms with Crippen molar-refractivity contribution in [1.82, 2.24) is 0 Å². The maximum atomic E-state index is 5.41. The lowest BCUT2D eigenvalue weighted by atomic mass is 9.77. The van der Waals surface area contributed by atoms with Gasteiger partial charge in [0.05, 0.1) is 0 Å². The molecule has 0 N–H and O–H groups in total. The van der Waals surface area contributed by atoms with E-state index in [9.17, 15) is 0 Å². The molecule has 2 aliphatic heterocycles. The highest BCUT2D eigenvalue weighted by Crippen LogP contribution is 2.48. The van der Waals surface area contributed by atoms with Crippen molar-refractivity contribution in [3.63, 3.8) is 0 Å². The van der Waals surface area contributed by atoms with Crippen LogP contribution in [0.3, 0.4) is 0 Å². The highest BCUT2D eigenvalue weighted by molar-refractivity contribution is 5.46. The highest BCUT2D eigenvalue weighted by Gasteiger charge is 2.46. The molecule has 14 heavy (non-hydrogen) atoms. The maximum absolute atomic E-state index is 5.41. The second-order valence-corrected chi connectivity index (χ2v) is 4.26. The van der Waals surface area contributed by atoms with Crippen molar-refractivity contribution in [2.45, 2.75) is 25.0 Å². The van der Waals surface area contributed by atoms with Crippen molar-refractivity contribution in [2.75, 3.05) is 0 Å². The predicted octanol–water partition coefficient (Wildman–Crippen LogP) is 2.65. The Labute approximate surface area is 83.1 Å². The average Bonchev–Trinajstić information content (AvgIpc) is 2.22. The minimum Gasteiger partial charge on any atom is -0.220 e. The molecule has 0 spiro atoms. The van der Waals surface area contributed by atoms with Crippen molar-refractivity contribution < 1.29 is 9.78 Å². The molecule has 0 fully saturated rings. The zero-order valence-electron chi connectivity index (χ0n) is 8.28. The molecule has 0 saturated carbocycles. The largest absolute Gasteiger partial charge is 0.220 e. The van der Waals surface area contributed by atoms with Gasteiger partial charge in [0.25, 0.3) is 0 Å². The van der Waals surface area contributed by atoms with Gasteiger partial charge in [-0.05, 0) is 37.1 Å². The summed E-state index contributed by atoms with van der Waals surface area (Å²) in [7, 11) is 0. The molecule has 0 amide bonds. The topological polar surface area (TPSA) is 18.5 Å². The average molecular weight is 188 g/mol. The second kappa shape index (κ2) is 2.27. The van der Waals surface area contributed by atoms with Gasteiger partial charge in [0.2, 0.25) is 0 Å². The normalized spacial score (nSPS) is 38.4. The molecule has 1 aromatic carbocycles. The fourth-order valence-electron chi connectivity index (χ4n) is 2.16. The first-order valence-corrected chi connectivity index (χ1v) is 4.81. The van der Waals surface area contributed by atoms with Crippen LogP contribution in [0.2, 0.25) is 0 Å². The number of rotatable bonds is 0. The quantitative estimate of drug-likeness (QED) is 0.460. The standard InChI is InChI=1S/C12H12O2/c1-11-7-8-12(2,14-13-11)10-6-4-3-5-9(10)11/h3-8H,1-2H3. The number of fused-ring (bicyclic) bond motifs is 1. The van der Waals surface area contributed by atoms with Gasteiger partial charge in [-0.2, -0.15) is 0 Å². The molecule has 0 aromatic heterocycles. The Kier molecular flexibility index (Phi) is 1.33. The third-order valence-electron chi connectivity index (χ3n) is 3.10. The summed E-state index contributed by atoms with van der Waals surface area (Å²) in [5, 5.41) is 0. The van der Waals surface area contributed by atoms with Crippen molar-refractivity contribution in [3.8, 4) is 0 Å². The van der Waals surface area contributed by atoms with Gasteiger partial charge in [0.15, 0.2) is 0 Å². The fourth-order valence-corrected chi connectivity index (χ4v) is 2.16. The molecule has 0 saturated heterocycles. The van der Waals surface area contributed by atoms with Gasteiger partial charge in [-0.3, -0.25) is 0 Å². The molecule has 2 nitrogen and oxygen atoms in total. The van der Waals surface area contributed by atoms with Crippen molar-refractivity contribution >= 4 is 0 Å².